The normalized spacial score (nSPS) is 11.5. The van der Waals surface area contributed by atoms with Crippen LogP contribution in [0.5, 0.6) is 0 Å². The minimum Gasteiger partial charge on any atom is -0.255 e. The molecule has 0 aliphatic rings. The first-order valence-electron chi connectivity index (χ1n) is 6.65. The first-order chi connectivity index (χ1) is 11.8. The third-order valence-corrected chi connectivity index (χ3v) is 5.38. The third-order valence-electron chi connectivity index (χ3n) is 3.12. The highest BCUT2D eigenvalue weighted by atomic mass is 32.2. The molecule has 0 atom stereocenters. The van der Waals surface area contributed by atoms with Gasteiger partial charge in [0.2, 0.25) is 0 Å². The van der Waals surface area contributed by atoms with Crippen molar-refractivity contribution in [2.45, 2.75) is 4.90 Å². The van der Waals surface area contributed by atoms with Gasteiger partial charge in [-0.25, -0.2) is 31.0 Å². The van der Waals surface area contributed by atoms with Gasteiger partial charge in [0.25, 0.3) is 10.0 Å². The number of sulfonamides is 1. The largest absolute Gasteiger partial charge is 0.266 e. The summed E-state index contributed by atoms with van der Waals surface area (Å²) in [7, 11) is -4.32. The van der Waals surface area contributed by atoms with Crippen LogP contribution in [0.3, 0.4) is 0 Å². The van der Waals surface area contributed by atoms with E-state index in [1.807, 2.05) is 0 Å². The smallest absolute Gasteiger partial charge is 0.255 e. The standard InChI is InChI=1S/C15H8F4N2O2S2/c16-9-2-4-14(12(19)6-9)25(22,23)21-15-20-13(7-24-15)8-1-3-10(17)11(18)5-8/h1-7H,(H,20,21). The number of benzene rings is 2. The van der Waals surface area contributed by atoms with Crippen molar-refractivity contribution in [2.75, 3.05) is 4.72 Å². The fraction of sp³-hybridized carbons (Fsp3) is 0. The Bertz CT molecular complexity index is 1050. The van der Waals surface area contributed by atoms with Crippen LogP contribution in [0.25, 0.3) is 11.3 Å². The second-order valence-corrected chi connectivity index (χ2v) is 7.36. The van der Waals surface area contributed by atoms with E-state index in [0.29, 0.717) is 6.07 Å². The summed E-state index contributed by atoms with van der Waals surface area (Å²) in [6.07, 6.45) is 0. The van der Waals surface area contributed by atoms with Crippen LogP contribution < -0.4 is 4.72 Å². The molecule has 130 valence electrons. The van der Waals surface area contributed by atoms with Crippen LogP contribution in [-0.4, -0.2) is 13.4 Å². The van der Waals surface area contributed by atoms with E-state index in [1.165, 1.54) is 11.4 Å². The summed E-state index contributed by atoms with van der Waals surface area (Å²) in [5.41, 5.74) is 0.453. The van der Waals surface area contributed by atoms with Gasteiger partial charge in [-0.3, -0.25) is 4.72 Å². The van der Waals surface area contributed by atoms with Crippen molar-refractivity contribution in [3.8, 4) is 11.3 Å². The first kappa shape index (κ1) is 17.4. The van der Waals surface area contributed by atoms with Crippen LogP contribution >= 0.6 is 11.3 Å². The van der Waals surface area contributed by atoms with Gasteiger partial charge in [0.15, 0.2) is 16.8 Å². The van der Waals surface area contributed by atoms with Crippen LogP contribution in [0.1, 0.15) is 0 Å². The summed E-state index contributed by atoms with van der Waals surface area (Å²) in [6.45, 7) is 0. The van der Waals surface area contributed by atoms with Crippen LogP contribution in [0, 0.1) is 23.3 Å². The number of halogens is 4. The molecule has 10 heteroatoms. The molecule has 25 heavy (non-hydrogen) atoms. The molecule has 1 N–H and O–H groups in total. The Morgan fingerprint density at radius 2 is 1.68 bits per heavy atom. The number of thiazole rings is 1. The van der Waals surface area contributed by atoms with Crippen molar-refractivity contribution in [3.05, 3.63) is 65.0 Å². The second kappa shape index (κ2) is 6.45. The van der Waals surface area contributed by atoms with Crippen LogP contribution in [0.15, 0.2) is 46.7 Å². The fourth-order valence-corrected chi connectivity index (χ4v) is 4.00. The zero-order chi connectivity index (χ0) is 18.2. The zero-order valence-corrected chi connectivity index (χ0v) is 13.8. The minimum absolute atomic E-state index is 0.108. The summed E-state index contributed by atoms with van der Waals surface area (Å²) in [6, 6.07) is 5.17. The lowest BCUT2D eigenvalue weighted by Gasteiger charge is -2.06. The van der Waals surface area contributed by atoms with Crippen molar-refractivity contribution in [3.63, 3.8) is 0 Å². The highest BCUT2D eigenvalue weighted by molar-refractivity contribution is 7.93. The molecule has 3 aromatic rings. The minimum atomic E-state index is -4.32. The molecule has 0 bridgehead atoms. The number of aromatic nitrogens is 1. The first-order valence-corrected chi connectivity index (χ1v) is 9.01. The van der Waals surface area contributed by atoms with Gasteiger partial charge in [-0.2, -0.15) is 0 Å². The lowest BCUT2D eigenvalue weighted by molar-refractivity contribution is 0.509. The molecular formula is C15H8F4N2O2S2. The maximum absolute atomic E-state index is 13.6. The van der Waals surface area contributed by atoms with Crippen molar-refractivity contribution in [1.29, 1.82) is 0 Å². The zero-order valence-electron chi connectivity index (χ0n) is 12.1. The quantitative estimate of drug-likeness (QED) is 0.683. The van der Waals surface area contributed by atoms with E-state index < -0.39 is 38.2 Å². The predicted molar refractivity (Wildman–Crippen MR) is 84.6 cm³/mol. The van der Waals surface area contributed by atoms with E-state index in [2.05, 4.69) is 9.71 Å². The summed E-state index contributed by atoms with van der Waals surface area (Å²) in [5.74, 6) is -4.25. The monoisotopic (exact) mass is 388 g/mol. The van der Waals surface area contributed by atoms with Gasteiger partial charge in [0, 0.05) is 17.0 Å². The number of nitrogens with zero attached hydrogens (tertiary/aromatic N) is 1. The van der Waals surface area contributed by atoms with E-state index in [9.17, 15) is 26.0 Å². The molecule has 0 aliphatic carbocycles. The van der Waals surface area contributed by atoms with Gasteiger partial charge in [0.1, 0.15) is 16.5 Å². The molecule has 0 amide bonds. The molecule has 4 nitrogen and oxygen atoms in total. The van der Waals surface area contributed by atoms with E-state index in [1.54, 1.807) is 0 Å². The van der Waals surface area contributed by atoms with Gasteiger partial charge < -0.3 is 0 Å². The Morgan fingerprint density at radius 1 is 0.920 bits per heavy atom. The molecule has 2 aromatic carbocycles. The van der Waals surface area contributed by atoms with Gasteiger partial charge >= 0.3 is 0 Å². The summed E-state index contributed by atoms with van der Waals surface area (Å²) in [5, 5.41) is 1.31. The maximum Gasteiger partial charge on any atom is 0.266 e. The Labute approximate surface area is 143 Å². The summed E-state index contributed by atoms with van der Waals surface area (Å²) < 4.78 is 79.1. The van der Waals surface area contributed by atoms with Crippen LogP contribution in [0.2, 0.25) is 0 Å². The lowest BCUT2D eigenvalue weighted by atomic mass is 10.2. The molecule has 0 radical (unpaired) electrons. The molecule has 0 unspecified atom stereocenters. The number of rotatable bonds is 4. The molecule has 1 heterocycles. The van der Waals surface area contributed by atoms with Crippen molar-refractivity contribution in [2.24, 2.45) is 0 Å². The molecule has 3 rings (SSSR count). The molecular weight excluding hydrogens is 380 g/mol. The molecule has 1 aromatic heterocycles. The van der Waals surface area contributed by atoms with Gasteiger partial charge in [-0.1, -0.05) is 0 Å². The van der Waals surface area contributed by atoms with Gasteiger partial charge in [-0.05, 0) is 30.3 Å². The van der Waals surface area contributed by atoms with Gasteiger partial charge in [-0.15, -0.1) is 11.3 Å². The second-order valence-electron chi connectivity index (χ2n) is 4.85. The predicted octanol–water partition coefficient (Wildman–Crippen LogP) is 4.17. The summed E-state index contributed by atoms with van der Waals surface area (Å²) in [4.78, 5) is 3.21. The Balaban J connectivity index is 1.88. The number of hydrogen-bond donors (Lipinski definition) is 1. The average Bonchev–Trinajstić information content (AvgIpc) is 2.97. The molecule has 0 fully saturated rings. The highest BCUT2D eigenvalue weighted by Crippen LogP contribution is 2.28. The molecule has 0 spiro atoms. The Hall–Kier alpha value is -2.46. The topological polar surface area (TPSA) is 59.1 Å². The van der Waals surface area contributed by atoms with E-state index in [4.69, 9.17) is 0 Å². The third kappa shape index (κ3) is 3.64. The van der Waals surface area contributed by atoms with Crippen LogP contribution in [-0.2, 0) is 10.0 Å². The number of anilines is 1. The van der Waals surface area contributed by atoms with Crippen LogP contribution in [0.4, 0.5) is 22.7 Å². The Kier molecular flexibility index (Phi) is 4.48. The van der Waals surface area contributed by atoms with Crippen molar-refractivity contribution < 1.29 is 26.0 Å². The van der Waals surface area contributed by atoms with E-state index in [-0.39, 0.29) is 16.4 Å². The number of nitrogens with one attached hydrogen (secondary N) is 1. The number of hydrogen-bond acceptors (Lipinski definition) is 4. The lowest BCUT2D eigenvalue weighted by Crippen LogP contribution is -2.14. The molecule has 0 saturated carbocycles. The Morgan fingerprint density at radius 3 is 2.36 bits per heavy atom. The van der Waals surface area contributed by atoms with Crippen molar-refractivity contribution in [1.82, 2.24) is 4.98 Å². The van der Waals surface area contributed by atoms with E-state index >= 15 is 0 Å². The highest BCUT2D eigenvalue weighted by Gasteiger charge is 2.21. The molecule has 0 aliphatic heterocycles. The van der Waals surface area contributed by atoms with Crippen molar-refractivity contribution >= 4 is 26.5 Å². The SMILES string of the molecule is O=S(=O)(Nc1nc(-c2ccc(F)c(F)c2)cs1)c1ccc(F)cc1F. The fourth-order valence-electron chi connectivity index (χ4n) is 1.97. The van der Waals surface area contributed by atoms with Gasteiger partial charge in [0.05, 0.1) is 5.69 Å². The summed E-state index contributed by atoms with van der Waals surface area (Å²) >= 11 is 0.871. The molecule has 0 saturated heterocycles. The van der Waals surface area contributed by atoms with E-state index in [0.717, 1.165) is 35.6 Å². The average molecular weight is 388 g/mol. The maximum atomic E-state index is 13.6.